The fourth-order valence-corrected chi connectivity index (χ4v) is 1.60. The van der Waals surface area contributed by atoms with Crippen LogP contribution in [-0.2, 0) is 21.5 Å². The third-order valence-corrected chi connectivity index (χ3v) is 2.76. The van der Waals surface area contributed by atoms with Crippen LogP contribution >= 0.6 is 0 Å². The predicted octanol–water partition coefficient (Wildman–Crippen LogP) is 1.99. The molecule has 0 bridgehead atoms. The summed E-state index contributed by atoms with van der Waals surface area (Å²) < 4.78 is 4.63. The first-order chi connectivity index (χ1) is 7.49. The van der Waals surface area contributed by atoms with Crippen molar-refractivity contribution in [3.05, 3.63) is 35.4 Å². The number of benzene rings is 1. The van der Waals surface area contributed by atoms with Crippen molar-refractivity contribution in [1.29, 1.82) is 0 Å². The van der Waals surface area contributed by atoms with Crippen LogP contribution in [-0.4, -0.2) is 13.1 Å². The molecular formula is C13H19NO2. The number of methoxy groups -OCH3 is 1. The van der Waals surface area contributed by atoms with Crippen LogP contribution in [0, 0.1) is 0 Å². The summed E-state index contributed by atoms with van der Waals surface area (Å²) in [5.74, 6) is -0.287. The number of aryl methyl sites for hydroxylation is 1. The highest BCUT2D eigenvalue weighted by atomic mass is 16.5. The van der Waals surface area contributed by atoms with Crippen LogP contribution in [0.5, 0.6) is 0 Å². The average Bonchev–Trinajstić information content (AvgIpc) is 2.28. The monoisotopic (exact) mass is 221 g/mol. The second-order valence-electron chi connectivity index (χ2n) is 4.22. The van der Waals surface area contributed by atoms with Gasteiger partial charge < -0.3 is 10.5 Å². The molecule has 1 aromatic rings. The Kier molecular flexibility index (Phi) is 4.07. The van der Waals surface area contributed by atoms with E-state index in [1.807, 2.05) is 31.2 Å². The molecule has 0 saturated carbocycles. The Morgan fingerprint density at radius 2 is 1.94 bits per heavy atom. The topological polar surface area (TPSA) is 52.3 Å². The van der Waals surface area contributed by atoms with Gasteiger partial charge in [0, 0.05) is 5.54 Å². The van der Waals surface area contributed by atoms with E-state index < -0.39 is 5.54 Å². The number of nitrogens with two attached hydrogens (primary N) is 1. The van der Waals surface area contributed by atoms with Crippen LogP contribution in [0.3, 0.4) is 0 Å². The van der Waals surface area contributed by atoms with Crippen LogP contribution < -0.4 is 5.73 Å². The van der Waals surface area contributed by atoms with Crippen molar-refractivity contribution in [2.75, 3.05) is 7.11 Å². The molecule has 88 valence electrons. The van der Waals surface area contributed by atoms with E-state index in [9.17, 15) is 4.79 Å². The van der Waals surface area contributed by atoms with Gasteiger partial charge in [-0.15, -0.1) is 0 Å². The standard InChI is InChI=1S/C13H19NO2/c1-4-10-5-7-11(8-6-10)13(2,14)9-12(15)16-3/h5-8H,4,9,14H2,1-3H3. The maximum absolute atomic E-state index is 11.2. The van der Waals surface area contributed by atoms with Crippen molar-refractivity contribution >= 4 is 5.97 Å². The predicted molar refractivity (Wildman–Crippen MR) is 64.0 cm³/mol. The zero-order chi connectivity index (χ0) is 12.2. The van der Waals surface area contributed by atoms with E-state index in [-0.39, 0.29) is 12.4 Å². The fraction of sp³-hybridized carbons (Fsp3) is 0.462. The maximum atomic E-state index is 11.2. The molecule has 0 aliphatic carbocycles. The fourth-order valence-electron chi connectivity index (χ4n) is 1.60. The minimum Gasteiger partial charge on any atom is -0.469 e. The summed E-state index contributed by atoms with van der Waals surface area (Å²) in [6.45, 7) is 3.94. The Morgan fingerprint density at radius 1 is 1.38 bits per heavy atom. The quantitative estimate of drug-likeness (QED) is 0.791. The molecular weight excluding hydrogens is 202 g/mol. The summed E-state index contributed by atoms with van der Waals surface area (Å²) >= 11 is 0. The normalized spacial score (nSPS) is 14.2. The zero-order valence-electron chi connectivity index (χ0n) is 10.1. The Balaban J connectivity index is 2.84. The lowest BCUT2D eigenvalue weighted by Crippen LogP contribution is -2.35. The number of carbonyl (C=O) groups is 1. The highest BCUT2D eigenvalue weighted by Gasteiger charge is 2.25. The van der Waals surface area contributed by atoms with Gasteiger partial charge in [0.15, 0.2) is 0 Å². The minimum atomic E-state index is -0.667. The average molecular weight is 221 g/mol. The lowest BCUT2D eigenvalue weighted by Gasteiger charge is -2.24. The lowest BCUT2D eigenvalue weighted by molar-refractivity contribution is -0.141. The molecule has 3 nitrogen and oxygen atoms in total. The van der Waals surface area contributed by atoms with Gasteiger partial charge >= 0.3 is 5.97 Å². The molecule has 0 saturated heterocycles. The van der Waals surface area contributed by atoms with Crippen molar-refractivity contribution < 1.29 is 9.53 Å². The number of ether oxygens (including phenoxy) is 1. The van der Waals surface area contributed by atoms with E-state index in [0.717, 1.165) is 12.0 Å². The highest BCUT2D eigenvalue weighted by molar-refractivity contribution is 5.71. The Labute approximate surface area is 96.6 Å². The van der Waals surface area contributed by atoms with Gasteiger partial charge in [-0.3, -0.25) is 4.79 Å². The molecule has 0 spiro atoms. The molecule has 16 heavy (non-hydrogen) atoms. The van der Waals surface area contributed by atoms with E-state index in [4.69, 9.17) is 5.73 Å². The Hall–Kier alpha value is -1.35. The molecule has 0 aliphatic heterocycles. The van der Waals surface area contributed by atoms with Crippen molar-refractivity contribution in [3.8, 4) is 0 Å². The van der Waals surface area contributed by atoms with Crippen LogP contribution in [0.1, 0.15) is 31.4 Å². The summed E-state index contributed by atoms with van der Waals surface area (Å²) in [6.07, 6.45) is 1.19. The molecule has 0 amide bonds. The summed E-state index contributed by atoms with van der Waals surface area (Å²) in [5, 5.41) is 0. The third kappa shape index (κ3) is 3.07. The number of hydrogen-bond acceptors (Lipinski definition) is 3. The Bertz CT molecular complexity index is 355. The van der Waals surface area contributed by atoms with Gasteiger partial charge in [0.1, 0.15) is 0 Å². The van der Waals surface area contributed by atoms with E-state index in [1.54, 1.807) is 0 Å². The van der Waals surface area contributed by atoms with Gasteiger partial charge in [-0.1, -0.05) is 31.2 Å². The molecule has 3 heteroatoms. The summed E-state index contributed by atoms with van der Waals surface area (Å²) in [7, 11) is 1.37. The molecule has 0 aliphatic rings. The molecule has 0 fully saturated rings. The van der Waals surface area contributed by atoms with Crippen LogP contribution in [0.15, 0.2) is 24.3 Å². The number of rotatable bonds is 4. The Morgan fingerprint density at radius 3 is 2.38 bits per heavy atom. The van der Waals surface area contributed by atoms with Crippen molar-refractivity contribution in [3.63, 3.8) is 0 Å². The van der Waals surface area contributed by atoms with Gasteiger partial charge in [-0.05, 0) is 24.5 Å². The third-order valence-electron chi connectivity index (χ3n) is 2.76. The first kappa shape index (κ1) is 12.7. The summed E-state index contributed by atoms with van der Waals surface area (Å²) in [6, 6.07) is 8.03. The maximum Gasteiger partial charge on any atom is 0.307 e. The lowest BCUT2D eigenvalue weighted by atomic mass is 9.89. The number of carbonyl (C=O) groups excluding carboxylic acids is 1. The first-order valence-electron chi connectivity index (χ1n) is 5.44. The van der Waals surface area contributed by atoms with Gasteiger partial charge in [-0.25, -0.2) is 0 Å². The summed E-state index contributed by atoms with van der Waals surface area (Å²) in [5.41, 5.74) is 7.65. The molecule has 1 atom stereocenters. The second-order valence-corrected chi connectivity index (χ2v) is 4.22. The molecule has 0 radical (unpaired) electrons. The SMILES string of the molecule is CCc1ccc(C(C)(N)CC(=O)OC)cc1. The van der Waals surface area contributed by atoms with E-state index in [1.165, 1.54) is 12.7 Å². The number of hydrogen-bond donors (Lipinski definition) is 1. The molecule has 1 rings (SSSR count). The van der Waals surface area contributed by atoms with Crippen molar-refractivity contribution in [1.82, 2.24) is 0 Å². The van der Waals surface area contributed by atoms with Gasteiger partial charge in [0.2, 0.25) is 0 Å². The van der Waals surface area contributed by atoms with Crippen LogP contribution in [0.2, 0.25) is 0 Å². The molecule has 1 aromatic carbocycles. The molecule has 0 heterocycles. The van der Waals surface area contributed by atoms with E-state index >= 15 is 0 Å². The van der Waals surface area contributed by atoms with Crippen LogP contribution in [0.4, 0.5) is 0 Å². The van der Waals surface area contributed by atoms with Gasteiger partial charge in [0.25, 0.3) is 0 Å². The van der Waals surface area contributed by atoms with Crippen molar-refractivity contribution in [2.45, 2.75) is 32.2 Å². The van der Waals surface area contributed by atoms with Gasteiger partial charge in [0.05, 0.1) is 13.5 Å². The molecule has 0 aromatic heterocycles. The summed E-state index contributed by atoms with van der Waals surface area (Å²) in [4.78, 5) is 11.2. The highest BCUT2D eigenvalue weighted by Crippen LogP contribution is 2.22. The second kappa shape index (κ2) is 5.12. The minimum absolute atomic E-state index is 0.189. The largest absolute Gasteiger partial charge is 0.469 e. The molecule has 2 N–H and O–H groups in total. The smallest absolute Gasteiger partial charge is 0.307 e. The van der Waals surface area contributed by atoms with Gasteiger partial charge in [-0.2, -0.15) is 0 Å². The van der Waals surface area contributed by atoms with E-state index in [2.05, 4.69) is 11.7 Å². The zero-order valence-corrected chi connectivity index (χ0v) is 10.1. The first-order valence-corrected chi connectivity index (χ1v) is 5.44. The van der Waals surface area contributed by atoms with E-state index in [0.29, 0.717) is 0 Å². The molecule has 1 unspecified atom stereocenters. The van der Waals surface area contributed by atoms with Crippen molar-refractivity contribution in [2.24, 2.45) is 5.73 Å². The number of esters is 1. The van der Waals surface area contributed by atoms with Crippen LogP contribution in [0.25, 0.3) is 0 Å².